The Kier molecular flexibility index (Phi) is 8.45. The number of carbonyl (C=O) groups is 2. The van der Waals surface area contributed by atoms with Gasteiger partial charge >= 0.3 is 0 Å². The molecule has 2 fully saturated rings. The van der Waals surface area contributed by atoms with Crippen molar-refractivity contribution in [3.63, 3.8) is 0 Å². The van der Waals surface area contributed by atoms with Crippen molar-refractivity contribution in [2.24, 2.45) is 22.1 Å². The van der Waals surface area contributed by atoms with Gasteiger partial charge in [0.05, 0.1) is 18.4 Å². The third kappa shape index (κ3) is 5.35. The molecule has 0 radical (unpaired) electrons. The molecular formula is C35H43ClN4O5S. The number of hydrazine groups is 1. The Morgan fingerprint density at radius 3 is 2.85 bits per heavy atom. The number of ether oxygens (including phenoxy) is 2. The lowest BCUT2D eigenvalue weighted by molar-refractivity contribution is -0.129. The van der Waals surface area contributed by atoms with E-state index in [1.165, 1.54) is 11.1 Å². The molecule has 3 aliphatic heterocycles. The van der Waals surface area contributed by atoms with Gasteiger partial charge in [0.15, 0.2) is 9.92 Å². The molecule has 2 aromatic carbocycles. The van der Waals surface area contributed by atoms with Crippen molar-refractivity contribution in [2.75, 3.05) is 31.7 Å². The first-order valence-electron chi connectivity index (χ1n) is 16.6. The summed E-state index contributed by atoms with van der Waals surface area (Å²) in [5, 5.41) is 0.111. The molecule has 1 N–H and O–H groups in total. The number of benzene rings is 2. The summed E-state index contributed by atoms with van der Waals surface area (Å²) in [6.45, 7) is 5.73. The zero-order valence-corrected chi connectivity index (χ0v) is 28.3. The SMILES string of the molecule is CCC(=O)N1N[C@@H]2[C@@H](C)C/C=C/[C@H](OC)[C@@H]3CC[C@H]3CN3C[C@@]4(CCCc5cc(Cl)ccc54)COc4ccc(cc43)C(=O)N=[S@@]21=O. The van der Waals surface area contributed by atoms with Crippen LogP contribution in [0.5, 0.6) is 5.75 Å². The third-order valence-electron chi connectivity index (χ3n) is 10.8. The molecule has 9 nitrogen and oxygen atoms in total. The molecule has 7 atom stereocenters. The van der Waals surface area contributed by atoms with Crippen LogP contribution in [-0.4, -0.2) is 58.7 Å². The second-order valence-corrected chi connectivity index (χ2v) is 16.2. The van der Waals surface area contributed by atoms with Crippen LogP contribution in [0.3, 0.4) is 0 Å². The summed E-state index contributed by atoms with van der Waals surface area (Å²) in [5.74, 6) is 0.393. The van der Waals surface area contributed by atoms with Gasteiger partial charge in [-0.15, -0.1) is 4.36 Å². The number of carbonyl (C=O) groups excluding carboxylic acids is 2. The molecule has 1 spiro atoms. The van der Waals surface area contributed by atoms with Gasteiger partial charge < -0.3 is 14.4 Å². The minimum atomic E-state index is -3.36. The number of hydrogen-bond donors (Lipinski definition) is 1. The van der Waals surface area contributed by atoms with Crippen LogP contribution in [0.25, 0.3) is 0 Å². The minimum absolute atomic E-state index is 0.0393. The number of nitrogens with one attached hydrogen (secondary N) is 1. The van der Waals surface area contributed by atoms with E-state index < -0.39 is 21.2 Å². The molecule has 11 heteroatoms. The molecule has 0 aromatic heterocycles. The average Bonchev–Trinajstić information content (AvgIpc) is 3.18. The van der Waals surface area contributed by atoms with Crippen molar-refractivity contribution < 1.29 is 23.3 Å². The summed E-state index contributed by atoms with van der Waals surface area (Å²) in [6, 6.07) is 11.6. The Hall–Kier alpha value is -2.92. The fourth-order valence-corrected chi connectivity index (χ4v) is 10.6. The first-order chi connectivity index (χ1) is 22.2. The van der Waals surface area contributed by atoms with Gasteiger partial charge in [0.25, 0.3) is 5.91 Å². The topological polar surface area (TPSA) is 101 Å². The number of fused-ring (bicyclic) bond motifs is 5. The molecule has 1 saturated carbocycles. The Morgan fingerprint density at radius 1 is 1.24 bits per heavy atom. The van der Waals surface area contributed by atoms with Crippen LogP contribution in [0.15, 0.2) is 52.9 Å². The summed E-state index contributed by atoms with van der Waals surface area (Å²) < 4.78 is 32.4. The highest BCUT2D eigenvalue weighted by atomic mass is 35.5. The average molecular weight is 667 g/mol. The number of hydrogen-bond acceptors (Lipinski definition) is 7. The molecule has 1 saturated heterocycles. The first kappa shape index (κ1) is 31.7. The quantitative estimate of drug-likeness (QED) is 0.389. The maximum absolute atomic E-state index is 14.4. The third-order valence-corrected chi connectivity index (χ3v) is 13.6. The number of nitrogens with zero attached hydrogens (tertiary/aromatic N) is 3. The van der Waals surface area contributed by atoms with Crippen molar-refractivity contribution in [3.8, 4) is 5.75 Å². The highest BCUT2D eigenvalue weighted by Crippen LogP contribution is 2.47. The van der Waals surface area contributed by atoms with Crippen LogP contribution >= 0.6 is 11.6 Å². The van der Waals surface area contributed by atoms with Crippen LogP contribution in [0.2, 0.25) is 5.02 Å². The number of anilines is 1. The number of aryl methyl sites for hydroxylation is 1. The number of allylic oxidation sites excluding steroid dienone is 1. The van der Waals surface area contributed by atoms with E-state index in [1.807, 2.05) is 25.1 Å². The number of rotatable bonds is 2. The van der Waals surface area contributed by atoms with E-state index >= 15 is 0 Å². The van der Waals surface area contributed by atoms with Gasteiger partial charge in [0, 0.05) is 42.6 Å². The molecule has 7 rings (SSSR count). The molecule has 2 bridgehead atoms. The number of halogens is 1. The van der Waals surface area contributed by atoms with Crippen molar-refractivity contribution in [2.45, 2.75) is 75.7 Å². The van der Waals surface area contributed by atoms with Gasteiger partial charge in [0.2, 0.25) is 5.91 Å². The largest absolute Gasteiger partial charge is 0.490 e. The van der Waals surface area contributed by atoms with Crippen LogP contribution in [0, 0.1) is 17.8 Å². The van der Waals surface area contributed by atoms with Crippen molar-refractivity contribution in [1.82, 2.24) is 9.84 Å². The highest BCUT2D eigenvalue weighted by molar-refractivity contribution is 7.93. The summed E-state index contributed by atoms with van der Waals surface area (Å²) in [6.07, 6.45) is 10.1. The number of amides is 2. The summed E-state index contributed by atoms with van der Waals surface area (Å²) in [4.78, 5) is 29.0. The maximum atomic E-state index is 14.4. The fraction of sp³-hybridized carbons (Fsp3) is 0.543. The molecule has 2 aliphatic carbocycles. The molecule has 5 aliphatic rings. The van der Waals surface area contributed by atoms with Gasteiger partial charge in [-0.05, 0) is 97.7 Å². The van der Waals surface area contributed by atoms with E-state index in [4.69, 9.17) is 21.1 Å². The monoisotopic (exact) mass is 666 g/mol. The van der Waals surface area contributed by atoms with Crippen molar-refractivity contribution in [1.29, 1.82) is 0 Å². The summed E-state index contributed by atoms with van der Waals surface area (Å²) in [7, 11) is -1.59. The second kappa shape index (κ2) is 12.3. The lowest BCUT2D eigenvalue weighted by Crippen LogP contribution is -2.69. The zero-order valence-electron chi connectivity index (χ0n) is 26.7. The molecule has 246 valence electrons. The van der Waals surface area contributed by atoms with Crippen LogP contribution in [0.1, 0.15) is 73.9 Å². The Bertz CT molecular complexity index is 1710. The molecule has 46 heavy (non-hydrogen) atoms. The molecule has 3 heterocycles. The fourth-order valence-electron chi connectivity index (χ4n) is 8.12. The van der Waals surface area contributed by atoms with E-state index in [2.05, 4.69) is 39.0 Å². The highest BCUT2D eigenvalue weighted by Gasteiger charge is 2.48. The normalized spacial score (nSPS) is 34.4. The Labute approximate surface area is 276 Å². The number of methoxy groups -OCH3 is 1. The van der Waals surface area contributed by atoms with E-state index in [-0.39, 0.29) is 29.8 Å². The van der Waals surface area contributed by atoms with E-state index in [1.54, 1.807) is 20.1 Å². The smallest absolute Gasteiger partial charge is 0.286 e. The molecular weight excluding hydrogens is 624 g/mol. The van der Waals surface area contributed by atoms with E-state index in [9.17, 15) is 13.8 Å². The minimum Gasteiger partial charge on any atom is -0.490 e. The Morgan fingerprint density at radius 2 is 2.09 bits per heavy atom. The van der Waals surface area contributed by atoms with Gasteiger partial charge in [-0.1, -0.05) is 43.7 Å². The van der Waals surface area contributed by atoms with E-state index in [0.29, 0.717) is 30.4 Å². The maximum Gasteiger partial charge on any atom is 0.286 e. The van der Waals surface area contributed by atoms with Crippen molar-refractivity contribution >= 4 is 39.0 Å². The predicted molar refractivity (Wildman–Crippen MR) is 179 cm³/mol. The first-order valence-corrected chi connectivity index (χ1v) is 18.5. The molecule has 2 amide bonds. The molecule has 0 unspecified atom stereocenters. The predicted octanol–water partition coefficient (Wildman–Crippen LogP) is 6.06. The lowest BCUT2D eigenvalue weighted by Gasteiger charge is -2.46. The van der Waals surface area contributed by atoms with Gasteiger partial charge in [-0.2, -0.15) is 9.84 Å². The Balaban J connectivity index is 1.33. The molecule has 2 aromatic rings. The standard InChI is InChI=1S/C35H43ClN4O5S/c1-4-32(41)40-37-34-22(2)7-5-9-30(44-3)27-13-10-25(27)19-39-20-35(16-6-8-23-17-26(36)12-14-28(23)35)21-45-31-15-11-24(18-29(31)39)33(42)38-46(34,40)43/h5,9,11-12,14-15,17-18,22,25,27,30,34,37H,4,6-8,10,13,16,19-21H2,1-3H3/b9-5+/t22-,25-,27+,30-,34-,35-,46-/m0/s1. The van der Waals surface area contributed by atoms with Gasteiger partial charge in [-0.25, -0.2) is 4.21 Å². The van der Waals surface area contributed by atoms with Gasteiger partial charge in [0.1, 0.15) is 11.1 Å². The zero-order chi connectivity index (χ0) is 32.2. The second-order valence-electron chi connectivity index (χ2n) is 13.7. The van der Waals surface area contributed by atoms with Gasteiger partial charge in [-0.3, -0.25) is 9.59 Å². The van der Waals surface area contributed by atoms with Crippen LogP contribution in [0.4, 0.5) is 5.69 Å². The van der Waals surface area contributed by atoms with Crippen LogP contribution in [-0.2, 0) is 31.3 Å². The summed E-state index contributed by atoms with van der Waals surface area (Å²) >= 11 is 6.44. The summed E-state index contributed by atoms with van der Waals surface area (Å²) in [5.41, 5.74) is 6.54. The van der Waals surface area contributed by atoms with Crippen molar-refractivity contribution in [3.05, 3.63) is 70.3 Å². The van der Waals surface area contributed by atoms with E-state index in [0.717, 1.165) is 66.1 Å². The lowest BCUT2D eigenvalue weighted by atomic mass is 9.68. The van der Waals surface area contributed by atoms with Crippen LogP contribution < -0.4 is 15.1 Å².